The number of fused-ring (bicyclic) bond motifs is 1. The van der Waals surface area contributed by atoms with Crippen molar-refractivity contribution >= 4 is 22.8 Å². The molecule has 0 saturated heterocycles. The molecule has 0 spiro atoms. The topological polar surface area (TPSA) is 88.8 Å². The molecule has 0 fully saturated rings. The smallest absolute Gasteiger partial charge is 0.328 e. The van der Waals surface area contributed by atoms with E-state index in [0.717, 1.165) is 10.9 Å². The highest BCUT2D eigenvalue weighted by atomic mass is 16.5. The van der Waals surface area contributed by atoms with Gasteiger partial charge in [0, 0.05) is 5.39 Å². The molecule has 116 valence electrons. The number of hydrogen-bond donors (Lipinski definition) is 2. The van der Waals surface area contributed by atoms with E-state index in [9.17, 15) is 9.59 Å². The first-order valence-electron chi connectivity index (χ1n) is 6.74. The van der Waals surface area contributed by atoms with Crippen LogP contribution in [0.25, 0.3) is 11.0 Å². The molecule has 1 aromatic carbocycles. The van der Waals surface area contributed by atoms with Crippen LogP contribution in [0.4, 0.5) is 0 Å². The van der Waals surface area contributed by atoms with E-state index in [4.69, 9.17) is 14.3 Å². The van der Waals surface area contributed by atoms with Crippen LogP contribution in [0, 0.1) is 6.92 Å². The number of furan rings is 1. The van der Waals surface area contributed by atoms with E-state index in [1.807, 2.05) is 25.1 Å². The molecule has 0 radical (unpaired) electrons. The Hall–Kier alpha value is -2.60. The Morgan fingerprint density at radius 1 is 1.50 bits per heavy atom. The highest BCUT2D eigenvalue weighted by Crippen LogP contribution is 2.22. The van der Waals surface area contributed by atoms with Crippen LogP contribution in [0.3, 0.4) is 0 Å². The number of hydrogen-bond acceptors (Lipinski definition) is 4. The normalized spacial score (nSPS) is 12.0. The first-order valence-corrected chi connectivity index (χ1v) is 6.74. The minimum absolute atomic E-state index is 0.0688. The lowest BCUT2D eigenvalue weighted by Gasteiger charge is -2.13. The quantitative estimate of drug-likeness (QED) is 0.604. The summed E-state index contributed by atoms with van der Waals surface area (Å²) in [5.41, 5.74) is 1.52. The molecule has 6 heteroatoms. The molecule has 1 amide bonds. The lowest BCUT2D eigenvalue weighted by Crippen LogP contribution is -2.44. The maximum Gasteiger partial charge on any atom is 0.328 e. The third-order valence-corrected chi connectivity index (χ3v) is 3.09. The van der Waals surface area contributed by atoms with Crippen LogP contribution in [0.15, 0.2) is 41.3 Å². The highest BCUT2D eigenvalue weighted by molar-refractivity contribution is 5.98. The molecule has 0 aliphatic carbocycles. The summed E-state index contributed by atoms with van der Waals surface area (Å²) in [7, 11) is 0. The van der Waals surface area contributed by atoms with Crippen LogP contribution in [0.2, 0.25) is 0 Å². The molecule has 0 bridgehead atoms. The van der Waals surface area contributed by atoms with Gasteiger partial charge in [0.25, 0.3) is 5.91 Å². The van der Waals surface area contributed by atoms with E-state index >= 15 is 0 Å². The maximum absolute atomic E-state index is 12.1. The standard InChI is InChI=1S/C16H17NO5/c1-3-7-21-9-12(16(19)20)17-15(18)13-8-11-6-4-5-10(2)14(11)22-13/h3-6,8,12H,1,7,9H2,2H3,(H,17,18)(H,19,20). The molecular formula is C16H17NO5. The van der Waals surface area contributed by atoms with Gasteiger partial charge in [-0.05, 0) is 18.6 Å². The summed E-state index contributed by atoms with van der Waals surface area (Å²) in [5.74, 6) is -1.70. The van der Waals surface area contributed by atoms with Gasteiger partial charge in [-0.1, -0.05) is 24.3 Å². The van der Waals surface area contributed by atoms with Gasteiger partial charge in [0.1, 0.15) is 5.58 Å². The van der Waals surface area contributed by atoms with E-state index in [2.05, 4.69) is 11.9 Å². The Balaban J connectivity index is 2.12. The molecule has 1 atom stereocenters. The number of carbonyl (C=O) groups excluding carboxylic acids is 1. The molecule has 1 heterocycles. The first-order chi connectivity index (χ1) is 10.5. The highest BCUT2D eigenvalue weighted by Gasteiger charge is 2.23. The molecule has 1 unspecified atom stereocenters. The number of rotatable bonds is 7. The molecule has 22 heavy (non-hydrogen) atoms. The second-order valence-corrected chi connectivity index (χ2v) is 4.79. The van der Waals surface area contributed by atoms with Crippen LogP contribution in [-0.2, 0) is 9.53 Å². The summed E-state index contributed by atoms with van der Waals surface area (Å²) in [4.78, 5) is 23.3. The van der Waals surface area contributed by atoms with Crippen molar-refractivity contribution in [1.82, 2.24) is 5.32 Å². The number of benzene rings is 1. The Morgan fingerprint density at radius 2 is 2.27 bits per heavy atom. The summed E-state index contributed by atoms with van der Waals surface area (Å²) in [6.07, 6.45) is 1.50. The van der Waals surface area contributed by atoms with Crippen molar-refractivity contribution in [2.45, 2.75) is 13.0 Å². The van der Waals surface area contributed by atoms with E-state index in [-0.39, 0.29) is 19.0 Å². The Labute approximate surface area is 127 Å². The van der Waals surface area contributed by atoms with Crippen LogP contribution in [0.5, 0.6) is 0 Å². The van der Waals surface area contributed by atoms with Gasteiger partial charge in [0.15, 0.2) is 11.8 Å². The fourth-order valence-electron chi connectivity index (χ4n) is 1.99. The van der Waals surface area contributed by atoms with Crippen LogP contribution in [0.1, 0.15) is 16.1 Å². The monoisotopic (exact) mass is 303 g/mol. The molecule has 1 aromatic heterocycles. The fraction of sp³-hybridized carbons (Fsp3) is 0.250. The molecule has 6 nitrogen and oxygen atoms in total. The van der Waals surface area contributed by atoms with Gasteiger partial charge in [0.2, 0.25) is 0 Å². The van der Waals surface area contributed by atoms with Gasteiger partial charge >= 0.3 is 5.97 Å². The number of carboxylic acid groups (broad SMARTS) is 1. The van der Waals surface area contributed by atoms with Crippen molar-refractivity contribution < 1.29 is 23.8 Å². The summed E-state index contributed by atoms with van der Waals surface area (Å²) < 4.78 is 10.6. The average Bonchev–Trinajstić information content (AvgIpc) is 2.92. The predicted octanol–water partition coefficient (Wildman–Crippen LogP) is 2.13. The molecule has 2 rings (SSSR count). The van der Waals surface area contributed by atoms with E-state index in [0.29, 0.717) is 5.58 Å². The van der Waals surface area contributed by atoms with Crippen molar-refractivity contribution in [1.29, 1.82) is 0 Å². The van der Waals surface area contributed by atoms with E-state index in [1.54, 1.807) is 6.07 Å². The molecular weight excluding hydrogens is 286 g/mol. The summed E-state index contributed by atoms with van der Waals surface area (Å²) in [5, 5.41) is 12.3. The van der Waals surface area contributed by atoms with Gasteiger partial charge in [-0.3, -0.25) is 4.79 Å². The lowest BCUT2D eigenvalue weighted by molar-refractivity contribution is -0.140. The predicted molar refractivity (Wildman–Crippen MR) is 80.9 cm³/mol. The second-order valence-electron chi connectivity index (χ2n) is 4.79. The molecule has 0 aliphatic rings. The van der Waals surface area contributed by atoms with Crippen LogP contribution < -0.4 is 5.32 Å². The lowest BCUT2D eigenvalue weighted by atomic mass is 10.2. The van der Waals surface area contributed by atoms with Gasteiger partial charge in [0.05, 0.1) is 13.2 Å². The average molecular weight is 303 g/mol. The molecule has 0 aliphatic heterocycles. The van der Waals surface area contributed by atoms with Gasteiger partial charge in [-0.2, -0.15) is 0 Å². The Morgan fingerprint density at radius 3 is 2.91 bits per heavy atom. The summed E-state index contributed by atoms with van der Waals surface area (Å²) in [6.45, 7) is 5.41. The minimum atomic E-state index is -1.18. The Kier molecular flexibility index (Phi) is 4.95. The number of nitrogens with one attached hydrogen (secondary N) is 1. The van der Waals surface area contributed by atoms with Crippen molar-refractivity contribution in [3.8, 4) is 0 Å². The van der Waals surface area contributed by atoms with E-state index < -0.39 is 17.9 Å². The van der Waals surface area contributed by atoms with Gasteiger partial charge in [-0.15, -0.1) is 6.58 Å². The number of aryl methyl sites for hydroxylation is 1. The van der Waals surface area contributed by atoms with E-state index in [1.165, 1.54) is 6.08 Å². The SMILES string of the molecule is C=CCOCC(NC(=O)c1cc2cccc(C)c2o1)C(=O)O. The van der Waals surface area contributed by atoms with Gasteiger partial charge in [-0.25, -0.2) is 4.79 Å². The van der Waals surface area contributed by atoms with Crippen molar-refractivity contribution in [2.75, 3.05) is 13.2 Å². The summed E-state index contributed by atoms with van der Waals surface area (Å²) >= 11 is 0. The van der Waals surface area contributed by atoms with Crippen LogP contribution in [-0.4, -0.2) is 36.2 Å². The number of aliphatic carboxylic acids is 1. The minimum Gasteiger partial charge on any atom is -0.480 e. The molecule has 0 saturated carbocycles. The fourth-order valence-corrected chi connectivity index (χ4v) is 1.99. The first kappa shape index (κ1) is 15.8. The molecule has 2 aromatic rings. The number of carbonyl (C=O) groups is 2. The third kappa shape index (κ3) is 3.53. The number of carboxylic acids is 1. The molecule has 2 N–H and O–H groups in total. The largest absolute Gasteiger partial charge is 0.480 e. The van der Waals surface area contributed by atoms with Crippen molar-refractivity contribution in [3.05, 3.63) is 48.2 Å². The maximum atomic E-state index is 12.1. The Bertz CT molecular complexity index is 704. The van der Waals surface area contributed by atoms with Crippen molar-refractivity contribution in [2.24, 2.45) is 0 Å². The van der Waals surface area contributed by atoms with Crippen LogP contribution >= 0.6 is 0 Å². The van der Waals surface area contributed by atoms with Gasteiger partial charge < -0.3 is 19.6 Å². The number of ether oxygens (including phenoxy) is 1. The zero-order valence-electron chi connectivity index (χ0n) is 12.2. The second kappa shape index (κ2) is 6.91. The zero-order chi connectivity index (χ0) is 16.1. The van der Waals surface area contributed by atoms with Crippen molar-refractivity contribution in [3.63, 3.8) is 0 Å². The number of para-hydroxylation sites is 1. The third-order valence-electron chi connectivity index (χ3n) is 3.09. The summed E-state index contributed by atoms with van der Waals surface area (Å²) in [6, 6.07) is 5.99. The zero-order valence-corrected chi connectivity index (χ0v) is 12.2. The number of amides is 1.